The lowest BCUT2D eigenvalue weighted by Gasteiger charge is -2.09. The second-order valence-corrected chi connectivity index (χ2v) is 4.37. The number of nitrogens with zero attached hydrogens (tertiary/aromatic N) is 2. The summed E-state index contributed by atoms with van der Waals surface area (Å²) >= 11 is 1.48. The van der Waals surface area contributed by atoms with Gasteiger partial charge in [-0.1, -0.05) is 11.8 Å². The molecular formula is C11H19N5O2S. The van der Waals surface area contributed by atoms with Crippen LogP contribution in [0, 0.1) is 0 Å². The highest BCUT2D eigenvalue weighted by atomic mass is 32.2. The fourth-order valence-corrected chi connectivity index (χ4v) is 1.68. The monoisotopic (exact) mass is 285 g/mol. The number of ether oxygens (including phenoxy) is 1. The number of thioether (sulfide) groups is 1. The first-order valence-corrected chi connectivity index (χ1v) is 7.15. The molecule has 0 unspecified atom stereocenters. The van der Waals surface area contributed by atoms with Crippen LogP contribution in [0.1, 0.15) is 6.92 Å². The second-order valence-electron chi connectivity index (χ2n) is 3.60. The van der Waals surface area contributed by atoms with Gasteiger partial charge in [-0.2, -0.15) is 0 Å². The Morgan fingerprint density at radius 1 is 1.42 bits per heavy atom. The van der Waals surface area contributed by atoms with Gasteiger partial charge in [-0.05, 0) is 13.2 Å². The Labute approximate surface area is 116 Å². The molecule has 0 aliphatic carbocycles. The van der Waals surface area contributed by atoms with Crippen LogP contribution in [0.2, 0.25) is 0 Å². The molecule has 1 rings (SSSR count). The van der Waals surface area contributed by atoms with Crippen molar-refractivity contribution in [2.75, 3.05) is 43.2 Å². The topological polar surface area (TPSA) is 102 Å². The lowest BCUT2D eigenvalue weighted by molar-refractivity contribution is -0.122. The number of carbonyl (C=O) groups excluding carboxylic acids is 1. The van der Waals surface area contributed by atoms with Crippen LogP contribution in [0.4, 0.5) is 11.6 Å². The largest absolute Gasteiger partial charge is 0.370 e. The summed E-state index contributed by atoms with van der Waals surface area (Å²) in [5.41, 5.74) is 4.96. The Balaban J connectivity index is 2.47. The fraction of sp³-hybridized carbons (Fsp3) is 0.545. The molecule has 106 valence electrons. The Bertz CT molecular complexity index is 416. The van der Waals surface area contributed by atoms with Gasteiger partial charge in [-0.25, -0.2) is 9.97 Å². The van der Waals surface area contributed by atoms with Crippen LogP contribution in [0.15, 0.2) is 11.2 Å². The molecule has 0 radical (unpaired) electrons. The molecule has 19 heavy (non-hydrogen) atoms. The maximum atomic E-state index is 10.5. The summed E-state index contributed by atoms with van der Waals surface area (Å²) in [5.74, 6) is 1.03. The van der Waals surface area contributed by atoms with Crippen LogP contribution in [0.5, 0.6) is 0 Å². The first-order chi connectivity index (χ1) is 9.15. The van der Waals surface area contributed by atoms with E-state index in [-0.39, 0.29) is 6.61 Å². The van der Waals surface area contributed by atoms with E-state index in [1.165, 1.54) is 11.8 Å². The number of hydrogen-bond acceptors (Lipinski definition) is 7. The van der Waals surface area contributed by atoms with Gasteiger partial charge in [-0.15, -0.1) is 0 Å². The van der Waals surface area contributed by atoms with Gasteiger partial charge in [0.05, 0.1) is 6.61 Å². The zero-order chi connectivity index (χ0) is 14.1. The van der Waals surface area contributed by atoms with Crippen molar-refractivity contribution >= 4 is 29.3 Å². The highest BCUT2D eigenvalue weighted by molar-refractivity contribution is 7.98. The number of nitrogens with two attached hydrogens (primary N) is 1. The smallest absolute Gasteiger partial charge is 0.243 e. The molecule has 1 aromatic heterocycles. The third kappa shape index (κ3) is 6.25. The van der Waals surface area contributed by atoms with Crippen LogP contribution >= 0.6 is 11.8 Å². The number of carbonyl (C=O) groups is 1. The molecule has 8 heteroatoms. The number of aromatic nitrogens is 2. The van der Waals surface area contributed by atoms with Gasteiger partial charge in [0.15, 0.2) is 5.16 Å². The zero-order valence-electron chi connectivity index (χ0n) is 11.1. The fourth-order valence-electron chi connectivity index (χ4n) is 1.30. The average Bonchev–Trinajstić information content (AvgIpc) is 2.38. The Hall–Kier alpha value is -1.54. The van der Waals surface area contributed by atoms with E-state index in [2.05, 4.69) is 20.6 Å². The van der Waals surface area contributed by atoms with Crippen molar-refractivity contribution < 1.29 is 9.53 Å². The summed E-state index contributed by atoms with van der Waals surface area (Å²) in [6, 6.07) is 1.83. The van der Waals surface area contributed by atoms with Gasteiger partial charge >= 0.3 is 0 Å². The molecule has 1 aromatic rings. The van der Waals surface area contributed by atoms with E-state index in [1.807, 2.05) is 19.2 Å². The van der Waals surface area contributed by atoms with E-state index >= 15 is 0 Å². The third-order valence-corrected chi connectivity index (χ3v) is 2.59. The van der Waals surface area contributed by atoms with Crippen molar-refractivity contribution in [1.29, 1.82) is 0 Å². The molecular weight excluding hydrogens is 266 g/mol. The highest BCUT2D eigenvalue weighted by Gasteiger charge is 2.03. The van der Waals surface area contributed by atoms with Crippen molar-refractivity contribution in [3.63, 3.8) is 0 Å². The van der Waals surface area contributed by atoms with Crippen molar-refractivity contribution in [2.45, 2.75) is 12.1 Å². The predicted molar refractivity (Wildman–Crippen MR) is 76.5 cm³/mol. The van der Waals surface area contributed by atoms with Gasteiger partial charge in [0.1, 0.15) is 18.2 Å². The third-order valence-electron chi connectivity index (χ3n) is 2.04. The molecule has 0 aromatic carbocycles. The molecule has 0 fully saturated rings. The van der Waals surface area contributed by atoms with Crippen LogP contribution in [0.3, 0.4) is 0 Å². The van der Waals surface area contributed by atoms with Crippen LogP contribution < -0.4 is 16.4 Å². The molecule has 0 spiro atoms. The van der Waals surface area contributed by atoms with E-state index in [9.17, 15) is 4.79 Å². The minimum absolute atomic E-state index is 0.0653. The lowest BCUT2D eigenvalue weighted by atomic mass is 10.5. The van der Waals surface area contributed by atoms with E-state index in [0.29, 0.717) is 18.3 Å². The number of amides is 1. The zero-order valence-corrected chi connectivity index (χ0v) is 11.9. The Kier molecular flexibility index (Phi) is 6.98. The molecule has 1 amide bonds. The van der Waals surface area contributed by atoms with E-state index in [0.717, 1.165) is 18.2 Å². The second kappa shape index (κ2) is 8.54. The number of hydrogen-bond donors (Lipinski definition) is 3. The first-order valence-electron chi connectivity index (χ1n) is 5.92. The SMILES string of the molecule is CCNc1cc(NCCOCC(N)=O)nc(SC)n1. The molecule has 0 aliphatic heterocycles. The Morgan fingerprint density at radius 3 is 2.68 bits per heavy atom. The standard InChI is InChI=1S/C11H19N5O2S/c1-3-13-9-6-10(16-11(15-9)19-2)14-4-5-18-7-8(12)17/h6H,3-5,7H2,1-2H3,(H2,12,17)(H2,13,14,15,16). The minimum atomic E-state index is -0.471. The van der Waals surface area contributed by atoms with E-state index < -0.39 is 5.91 Å². The molecule has 0 bridgehead atoms. The summed E-state index contributed by atoms with van der Waals surface area (Å²) in [6.07, 6.45) is 1.92. The highest BCUT2D eigenvalue weighted by Crippen LogP contribution is 2.16. The summed E-state index contributed by atoms with van der Waals surface area (Å²) < 4.78 is 5.05. The number of primary amides is 1. The average molecular weight is 285 g/mol. The number of nitrogens with one attached hydrogen (secondary N) is 2. The summed E-state index contributed by atoms with van der Waals surface area (Å²) in [4.78, 5) is 19.1. The van der Waals surface area contributed by atoms with Crippen LogP contribution in [-0.2, 0) is 9.53 Å². The molecule has 4 N–H and O–H groups in total. The molecule has 0 aliphatic rings. The van der Waals surface area contributed by atoms with Crippen molar-refractivity contribution in [3.05, 3.63) is 6.07 Å². The molecule has 1 heterocycles. The molecule has 0 saturated carbocycles. The van der Waals surface area contributed by atoms with Crippen LogP contribution in [-0.4, -0.2) is 48.4 Å². The van der Waals surface area contributed by atoms with Crippen LogP contribution in [0.25, 0.3) is 0 Å². The quantitative estimate of drug-likeness (QED) is 0.346. The van der Waals surface area contributed by atoms with Gasteiger partial charge in [-0.3, -0.25) is 4.79 Å². The first kappa shape index (κ1) is 15.5. The predicted octanol–water partition coefficient (Wildman–Crippen LogP) is 0.544. The van der Waals surface area contributed by atoms with Gasteiger partial charge in [0.2, 0.25) is 5.91 Å². The summed E-state index contributed by atoms with van der Waals surface area (Å²) in [7, 11) is 0. The minimum Gasteiger partial charge on any atom is -0.370 e. The van der Waals surface area contributed by atoms with Gasteiger partial charge < -0.3 is 21.1 Å². The summed E-state index contributed by atoms with van der Waals surface area (Å²) in [5, 5.41) is 6.95. The van der Waals surface area contributed by atoms with Gasteiger partial charge in [0.25, 0.3) is 0 Å². The Morgan fingerprint density at radius 2 is 2.11 bits per heavy atom. The van der Waals surface area contributed by atoms with Crippen molar-refractivity contribution in [1.82, 2.24) is 9.97 Å². The molecule has 0 saturated heterocycles. The number of rotatable bonds is 9. The maximum Gasteiger partial charge on any atom is 0.243 e. The van der Waals surface area contributed by atoms with Gasteiger partial charge in [0, 0.05) is 19.2 Å². The summed E-state index contributed by atoms with van der Waals surface area (Å²) in [6.45, 7) is 3.67. The molecule has 7 nitrogen and oxygen atoms in total. The van der Waals surface area contributed by atoms with E-state index in [1.54, 1.807) is 0 Å². The number of anilines is 2. The maximum absolute atomic E-state index is 10.5. The van der Waals surface area contributed by atoms with E-state index in [4.69, 9.17) is 10.5 Å². The van der Waals surface area contributed by atoms with Crippen molar-refractivity contribution in [2.24, 2.45) is 5.73 Å². The normalized spacial score (nSPS) is 10.2. The molecule has 0 atom stereocenters. The lowest BCUT2D eigenvalue weighted by Crippen LogP contribution is -2.20. The van der Waals surface area contributed by atoms with Crippen molar-refractivity contribution in [3.8, 4) is 0 Å².